The summed E-state index contributed by atoms with van der Waals surface area (Å²) in [6.45, 7) is 1.94. The fourth-order valence-electron chi connectivity index (χ4n) is 1.04. The average Bonchev–Trinajstić information content (AvgIpc) is 2.16. The first kappa shape index (κ1) is 9.88. The smallest absolute Gasteiger partial charge is 0.150 e. The van der Waals surface area contributed by atoms with E-state index in [1.807, 2.05) is 19.1 Å². The maximum atomic E-state index is 10.4. The van der Waals surface area contributed by atoms with Crippen LogP contribution >= 0.6 is 12.6 Å². The fraction of sp³-hybridized carbons (Fsp3) is 0.182. The molecule has 0 radical (unpaired) electrons. The van der Waals surface area contributed by atoms with Gasteiger partial charge < -0.3 is 0 Å². The molecular formula is C11H10OS. The molecule has 0 aromatic heterocycles. The zero-order valence-corrected chi connectivity index (χ0v) is 8.27. The molecule has 0 heterocycles. The SMILES string of the molecule is Cc1cc(C=O)ccc1C#CCS. The third-order valence-corrected chi connectivity index (χ3v) is 1.85. The molecule has 0 unspecified atom stereocenters. The molecule has 66 valence electrons. The van der Waals surface area contributed by atoms with Crippen molar-refractivity contribution in [3.63, 3.8) is 0 Å². The summed E-state index contributed by atoms with van der Waals surface area (Å²) in [6, 6.07) is 5.45. The van der Waals surface area contributed by atoms with Crippen LogP contribution in [0.2, 0.25) is 0 Å². The lowest BCUT2D eigenvalue weighted by Crippen LogP contribution is -1.86. The summed E-state index contributed by atoms with van der Waals surface area (Å²) in [5.41, 5.74) is 2.67. The molecule has 0 N–H and O–H groups in total. The molecule has 1 aromatic carbocycles. The first-order valence-corrected chi connectivity index (χ1v) is 4.56. The Bertz CT molecular complexity index is 371. The highest BCUT2D eigenvalue weighted by Crippen LogP contribution is 2.08. The maximum absolute atomic E-state index is 10.4. The molecule has 0 amide bonds. The number of aldehydes is 1. The highest BCUT2D eigenvalue weighted by molar-refractivity contribution is 7.80. The number of rotatable bonds is 1. The minimum Gasteiger partial charge on any atom is -0.298 e. The van der Waals surface area contributed by atoms with Gasteiger partial charge in [0.25, 0.3) is 0 Å². The molecular weight excluding hydrogens is 180 g/mol. The van der Waals surface area contributed by atoms with Crippen molar-refractivity contribution in [1.29, 1.82) is 0 Å². The molecule has 0 aliphatic rings. The Balaban J connectivity index is 3.05. The number of thiol groups is 1. The van der Waals surface area contributed by atoms with Crippen LogP contribution in [0.4, 0.5) is 0 Å². The van der Waals surface area contributed by atoms with Crippen LogP contribution in [0.1, 0.15) is 21.5 Å². The van der Waals surface area contributed by atoms with Gasteiger partial charge in [-0.2, -0.15) is 12.6 Å². The Morgan fingerprint density at radius 3 is 2.85 bits per heavy atom. The predicted molar refractivity (Wildman–Crippen MR) is 57.3 cm³/mol. The Hall–Kier alpha value is -1.20. The minimum absolute atomic E-state index is 0.550. The predicted octanol–water partition coefficient (Wildman–Crippen LogP) is 2.09. The van der Waals surface area contributed by atoms with E-state index in [2.05, 4.69) is 24.5 Å². The Morgan fingerprint density at radius 2 is 2.31 bits per heavy atom. The molecule has 2 heteroatoms. The van der Waals surface area contributed by atoms with Crippen LogP contribution in [0.5, 0.6) is 0 Å². The average molecular weight is 190 g/mol. The quantitative estimate of drug-likeness (QED) is 0.407. The number of hydrogen-bond acceptors (Lipinski definition) is 2. The van der Waals surface area contributed by atoms with Crippen molar-refractivity contribution >= 4 is 18.9 Å². The van der Waals surface area contributed by atoms with Gasteiger partial charge in [-0.15, -0.1) is 0 Å². The van der Waals surface area contributed by atoms with Gasteiger partial charge in [0.1, 0.15) is 6.29 Å². The lowest BCUT2D eigenvalue weighted by Gasteiger charge is -1.97. The van der Waals surface area contributed by atoms with Crippen LogP contribution in [0.25, 0.3) is 0 Å². The molecule has 0 aliphatic heterocycles. The number of carbonyl (C=O) groups excluding carboxylic acids is 1. The van der Waals surface area contributed by atoms with Crippen molar-refractivity contribution in [2.75, 3.05) is 5.75 Å². The van der Waals surface area contributed by atoms with Crippen molar-refractivity contribution in [3.05, 3.63) is 34.9 Å². The Kier molecular flexibility index (Phi) is 3.60. The summed E-state index contributed by atoms with van der Waals surface area (Å²) in [6.07, 6.45) is 0.836. The van der Waals surface area contributed by atoms with Gasteiger partial charge in [-0.1, -0.05) is 17.9 Å². The standard InChI is InChI=1S/C11H10OS/c1-9-7-10(8-12)4-5-11(9)3-2-6-13/h4-5,7-8,13H,6H2,1H3. The van der Waals surface area contributed by atoms with Gasteiger partial charge in [0.2, 0.25) is 0 Å². The van der Waals surface area contributed by atoms with Crippen LogP contribution in [0, 0.1) is 18.8 Å². The summed E-state index contributed by atoms with van der Waals surface area (Å²) in [7, 11) is 0. The van der Waals surface area contributed by atoms with E-state index < -0.39 is 0 Å². The Morgan fingerprint density at radius 1 is 1.54 bits per heavy atom. The fourth-order valence-corrected chi connectivity index (χ4v) is 1.11. The van der Waals surface area contributed by atoms with E-state index in [1.165, 1.54) is 0 Å². The molecule has 0 saturated carbocycles. The van der Waals surface area contributed by atoms with Crippen LogP contribution < -0.4 is 0 Å². The molecule has 1 nitrogen and oxygen atoms in total. The zero-order chi connectivity index (χ0) is 9.68. The second-order valence-corrected chi connectivity index (χ2v) is 2.97. The van der Waals surface area contributed by atoms with Crippen molar-refractivity contribution in [2.24, 2.45) is 0 Å². The second kappa shape index (κ2) is 4.74. The van der Waals surface area contributed by atoms with Crippen LogP contribution in [0.3, 0.4) is 0 Å². The maximum Gasteiger partial charge on any atom is 0.150 e. The summed E-state index contributed by atoms with van der Waals surface area (Å²) < 4.78 is 0. The second-order valence-electron chi connectivity index (χ2n) is 2.65. The molecule has 1 aromatic rings. The molecule has 0 spiro atoms. The Labute approximate surface area is 83.6 Å². The van der Waals surface area contributed by atoms with Crippen molar-refractivity contribution in [2.45, 2.75) is 6.92 Å². The molecule has 0 fully saturated rings. The summed E-state index contributed by atoms with van der Waals surface area (Å²) in [5, 5.41) is 0. The zero-order valence-electron chi connectivity index (χ0n) is 7.37. The van der Waals surface area contributed by atoms with Gasteiger partial charge in [-0.3, -0.25) is 4.79 Å². The van der Waals surface area contributed by atoms with E-state index in [0.717, 1.165) is 17.4 Å². The van der Waals surface area contributed by atoms with E-state index in [-0.39, 0.29) is 0 Å². The molecule has 1 rings (SSSR count). The number of aryl methyl sites for hydroxylation is 1. The summed E-state index contributed by atoms with van der Waals surface area (Å²) >= 11 is 3.99. The van der Waals surface area contributed by atoms with Crippen LogP contribution in [0.15, 0.2) is 18.2 Å². The van der Waals surface area contributed by atoms with Crippen LogP contribution in [-0.2, 0) is 0 Å². The van der Waals surface area contributed by atoms with E-state index in [0.29, 0.717) is 11.3 Å². The summed E-state index contributed by atoms with van der Waals surface area (Å²) in [5.74, 6) is 6.39. The van der Waals surface area contributed by atoms with E-state index >= 15 is 0 Å². The normalized spacial score (nSPS) is 8.77. The third-order valence-electron chi connectivity index (χ3n) is 1.69. The molecule has 0 bridgehead atoms. The van der Waals surface area contributed by atoms with Crippen molar-refractivity contribution in [1.82, 2.24) is 0 Å². The molecule has 13 heavy (non-hydrogen) atoms. The lowest BCUT2D eigenvalue weighted by atomic mass is 10.1. The van der Waals surface area contributed by atoms with Gasteiger partial charge >= 0.3 is 0 Å². The highest BCUT2D eigenvalue weighted by atomic mass is 32.1. The largest absolute Gasteiger partial charge is 0.298 e. The number of benzene rings is 1. The molecule has 0 saturated heterocycles. The highest BCUT2D eigenvalue weighted by Gasteiger charge is 1.95. The first-order valence-electron chi connectivity index (χ1n) is 3.93. The first-order chi connectivity index (χ1) is 6.27. The molecule has 0 atom stereocenters. The third kappa shape index (κ3) is 2.64. The van der Waals surface area contributed by atoms with Crippen molar-refractivity contribution in [3.8, 4) is 11.8 Å². The molecule has 0 aliphatic carbocycles. The van der Waals surface area contributed by atoms with E-state index in [1.54, 1.807) is 6.07 Å². The van der Waals surface area contributed by atoms with Gasteiger partial charge in [-0.25, -0.2) is 0 Å². The van der Waals surface area contributed by atoms with Crippen LogP contribution in [-0.4, -0.2) is 12.0 Å². The number of carbonyl (C=O) groups is 1. The van der Waals surface area contributed by atoms with E-state index in [4.69, 9.17) is 0 Å². The lowest BCUT2D eigenvalue weighted by molar-refractivity contribution is 0.112. The van der Waals surface area contributed by atoms with Gasteiger partial charge in [0.05, 0.1) is 5.75 Å². The van der Waals surface area contributed by atoms with Crippen molar-refractivity contribution < 1.29 is 4.79 Å². The summed E-state index contributed by atoms with van der Waals surface area (Å²) in [4.78, 5) is 10.4. The minimum atomic E-state index is 0.550. The van der Waals surface area contributed by atoms with Gasteiger partial charge in [0, 0.05) is 11.1 Å². The topological polar surface area (TPSA) is 17.1 Å². The van der Waals surface area contributed by atoms with Gasteiger partial charge in [0.15, 0.2) is 0 Å². The number of hydrogen-bond donors (Lipinski definition) is 1. The van der Waals surface area contributed by atoms with E-state index in [9.17, 15) is 4.79 Å². The monoisotopic (exact) mass is 190 g/mol. The van der Waals surface area contributed by atoms with Gasteiger partial charge in [-0.05, 0) is 24.6 Å².